The van der Waals surface area contributed by atoms with Crippen LogP contribution in [0.15, 0.2) is 48.7 Å². The van der Waals surface area contributed by atoms with Crippen LogP contribution < -0.4 is 4.74 Å². The number of nitrogens with zero attached hydrogens (tertiary/aromatic N) is 2. The third kappa shape index (κ3) is 2.60. The zero-order valence-corrected chi connectivity index (χ0v) is 20.3. The minimum Gasteiger partial charge on any atom is -0.483 e. The summed E-state index contributed by atoms with van der Waals surface area (Å²) in [5, 5.41) is 0.769. The highest BCUT2D eigenvalue weighted by atomic mass is 35.5. The van der Waals surface area contributed by atoms with Crippen LogP contribution >= 0.6 is 11.6 Å². The van der Waals surface area contributed by atoms with Gasteiger partial charge in [-0.2, -0.15) is 0 Å². The van der Waals surface area contributed by atoms with E-state index in [2.05, 4.69) is 42.2 Å². The molecule has 1 spiro atoms. The van der Waals surface area contributed by atoms with Crippen LogP contribution in [0, 0.1) is 18.8 Å². The second-order valence-electron chi connectivity index (χ2n) is 11.3. The molecule has 1 unspecified atom stereocenters. The van der Waals surface area contributed by atoms with Gasteiger partial charge in [-0.25, -0.2) is 0 Å². The maximum absolute atomic E-state index is 6.93. The monoisotopic (exact) mass is 468 g/mol. The molecule has 4 atom stereocenters. The van der Waals surface area contributed by atoms with Crippen molar-refractivity contribution in [3.8, 4) is 16.9 Å². The first kappa shape index (κ1) is 19.9. The number of fused-ring (bicyclic) bond motifs is 2. The van der Waals surface area contributed by atoms with Gasteiger partial charge in [0.25, 0.3) is 0 Å². The van der Waals surface area contributed by atoms with Gasteiger partial charge in [-0.3, -0.25) is 9.88 Å². The van der Waals surface area contributed by atoms with Crippen molar-refractivity contribution in [2.75, 3.05) is 13.1 Å². The second-order valence-corrected chi connectivity index (χ2v) is 11.8. The first-order valence-electron chi connectivity index (χ1n) is 12.9. The maximum Gasteiger partial charge on any atom is 0.151 e. The van der Waals surface area contributed by atoms with Crippen LogP contribution in [0.4, 0.5) is 0 Å². The number of piperidine rings is 1. The quantitative estimate of drug-likeness (QED) is 0.451. The predicted molar refractivity (Wildman–Crippen MR) is 135 cm³/mol. The van der Waals surface area contributed by atoms with Gasteiger partial charge in [0.05, 0.1) is 5.69 Å². The Morgan fingerprint density at radius 2 is 1.91 bits per heavy atom. The van der Waals surface area contributed by atoms with Gasteiger partial charge in [-0.1, -0.05) is 35.9 Å². The van der Waals surface area contributed by atoms with E-state index in [-0.39, 0.29) is 11.5 Å². The van der Waals surface area contributed by atoms with Crippen LogP contribution in [-0.4, -0.2) is 29.0 Å². The Labute approximate surface area is 206 Å². The van der Waals surface area contributed by atoms with Crippen LogP contribution in [0.1, 0.15) is 53.3 Å². The summed E-state index contributed by atoms with van der Waals surface area (Å²) in [5.74, 6) is 2.68. The Bertz CT molecular complexity index is 1330. The normalized spacial score (nSPS) is 30.5. The largest absolute Gasteiger partial charge is 0.483 e. The van der Waals surface area contributed by atoms with Crippen molar-refractivity contribution in [3.63, 3.8) is 0 Å². The lowest BCUT2D eigenvalue weighted by molar-refractivity contribution is -0.0377. The van der Waals surface area contributed by atoms with Crippen molar-refractivity contribution in [1.82, 2.24) is 9.88 Å². The summed E-state index contributed by atoms with van der Waals surface area (Å²) in [4.78, 5) is 7.96. The molecule has 172 valence electrons. The number of pyridine rings is 1. The van der Waals surface area contributed by atoms with Crippen LogP contribution in [-0.2, 0) is 18.3 Å². The molecule has 0 amide bonds. The van der Waals surface area contributed by atoms with E-state index in [1.807, 2.05) is 18.3 Å². The molecule has 3 aromatic rings. The molecule has 0 N–H and O–H groups in total. The summed E-state index contributed by atoms with van der Waals surface area (Å²) in [6, 6.07) is 15.8. The molecular formula is C30H29ClN2O. The van der Waals surface area contributed by atoms with Crippen molar-refractivity contribution in [2.24, 2.45) is 11.8 Å². The molecule has 2 bridgehead atoms. The van der Waals surface area contributed by atoms with E-state index in [1.165, 1.54) is 65.9 Å². The van der Waals surface area contributed by atoms with Crippen LogP contribution in [0.5, 0.6) is 5.75 Å². The summed E-state index contributed by atoms with van der Waals surface area (Å²) >= 11 is 6.15. The lowest BCUT2D eigenvalue weighted by Gasteiger charge is -2.58. The van der Waals surface area contributed by atoms with E-state index >= 15 is 0 Å². The van der Waals surface area contributed by atoms with Gasteiger partial charge in [0.1, 0.15) is 5.75 Å². The summed E-state index contributed by atoms with van der Waals surface area (Å²) in [6.45, 7) is 4.69. The lowest BCUT2D eigenvalue weighted by Crippen LogP contribution is -2.63. The summed E-state index contributed by atoms with van der Waals surface area (Å²) in [7, 11) is 0. The van der Waals surface area contributed by atoms with Gasteiger partial charge in [-0.05, 0) is 97.9 Å². The molecule has 5 aliphatic rings. The van der Waals surface area contributed by atoms with E-state index < -0.39 is 0 Å². The average Bonchev–Trinajstić information content (AvgIpc) is 3.59. The molecule has 34 heavy (non-hydrogen) atoms. The van der Waals surface area contributed by atoms with Crippen molar-refractivity contribution < 1.29 is 4.74 Å². The Kier molecular flexibility index (Phi) is 4.01. The SMILES string of the molecule is Cc1ccc2c3c1O[C@H]1c4ncc(-c5ccc(Cl)cc5)cc4C[C@H]4C(C2)N(CC2CC2)CC[C@]314. The first-order chi connectivity index (χ1) is 16.6. The summed E-state index contributed by atoms with van der Waals surface area (Å²) in [5.41, 5.74) is 9.34. The maximum atomic E-state index is 6.93. The number of ether oxygens (including phenoxy) is 1. The van der Waals surface area contributed by atoms with E-state index in [9.17, 15) is 0 Å². The zero-order chi connectivity index (χ0) is 22.6. The van der Waals surface area contributed by atoms with Crippen molar-refractivity contribution >= 4 is 11.6 Å². The number of benzene rings is 2. The fourth-order valence-corrected chi connectivity index (χ4v) is 7.88. The molecule has 3 nitrogen and oxygen atoms in total. The first-order valence-corrected chi connectivity index (χ1v) is 13.3. The topological polar surface area (TPSA) is 25.4 Å². The lowest BCUT2D eigenvalue weighted by atomic mass is 9.51. The van der Waals surface area contributed by atoms with Gasteiger partial charge in [0.15, 0.2) is 6.10 Å². The molecule has 0 radical (unpaired) electrons. The molecule has 8 rings (SSSR count). The highest BCUT2D eigenvalue weighted by Crippen LogP contribution is 2.66. The van der Waals surface area contributed by atoms with Crippen LogP contribution in [0.3, 0.4) is 0 Å². The Balaban J connectivity index is 1.29. The zero-order valence-electron chi connectivity index (χ0n) is 19.6. The second kappa shape index (κ2) is 6.86. The number of likely N-dealkylation sites (tertiary alicyclic amines) is 1. The Morgan fingerprint density at radius 3 is 2.74 bits per heavy atom. The third-order valence-electron chi connectivity index (χ3n) is 9.50. The highest BCUT2D eigenvalue weighted by Gasteiger charge is 2.65. The predicted octanol–water partition coefficient (Wildman–Crippen LogP) is 6.29. The van der Waals surface area contributed by atoms with Crippen molar-refractivity contribution in [1.29, 1.82) is 0 Å². The number of aryl methyl sites for hydroxylation is 1. The highest BCUT2D eigenvalue weighted by molar-refractivity contribution is 6.30. The molecule has 1 saturated heterocycles. The molecule has 2 fully saturated rings. The molecule has 3 aliphatic carbocycles. The number of rotatable bonds is 3. The van der Waals surface area contributed by atoms with E-state index in [1.54, 1.807) is 5.56 Å². The van der Waals surface area contributed by atoms with E-state index in [0.717, 1.165) is 29.5 Å². The minimum absolute atomic E-state index is 0.0428. The smallest absolute Gasteiger partial charge is 0.151 e. The molecular weight excluding hydrogens is 440 g/mol. The fourth-order valence-electron chi connectivity index (χ4n) is 7.76. The standard InChI is InChI=1S/C30H29ClN2O/c1-17-2-5-20-14-25-24-13-21-12-22(19-6-8-23(31)9-7-19)15-32-27(21)29-30(24,26(20)28(17)34-29)10-11-33(25)16-18-3-4-18/h2,5-9,12,15,18,24-25,29H,3-4,10-11,13-14,16H2,1H3/t24-,25?,29-,30-/m0/s1. The minimum atomic E-state index is 0.0428. The Hall–Kier alpha value is -2.36. The summed E-state index contributed by atoms with van der Waals surface area (Å²) in [6.07, 6.45) is 8.38. The number of hydrogen-bond donors (Lipinski definition) is 0. The third-order valence-corrected chi connectivity index (χ3v) is 9.76. The molecule has 2 aliphatic heterocycles. The van der Waals surface area contributed by atoms with Gasteiger partial charge in [0, 0.05) is 40.3 Å². The molecule has 2 aromatic carbocycles. The van der Waals surface area contributed by atoms with Crippen LogP contribution in [0.2, 0.25) is 5.02 Å². The van der Waals surface area contributed by atoms with Crippen molar-refractivity contribution in [3.05, 3.63) is 81.6 Å². The van der Waals surface area contributed by atoms with Gasteiger partial charge in [0.2, 0.25) is 0 Å². The molecule has 1 saturated carbocycles. The van der Waals surface area contributed by atoms with Gasteiger partial charge >= 0.3 is 0 Å². The number of hydrogen-bond acceptors (Lipinski definition) is 3. The van der Waals surface area contributed by atoms with E-state index in [0.29, 0.717) is 12.0 Å². The average molecular weight is 469 g/mol. The van der Waals surface area contributed by atoms with Crippen molar-refractivity contribution in [2.45, 2.75) is 56.6 Å². The van der Waals surface area contributed by atoms with Crippen LogP contribution in [0.25, 0.3) is 11.1 Å². The molecule has 1 aromatic heterocycles. The molecule has 3 heterocycles. The van der Waals surface area contributed by atoms with E-state index in [4.69, 9.17) is 21.3 Å². The van der Waals surface area contributed by atoms with Gasteiger partial charge < -0.3 is 4.74 Å². The Morgan fingerprint density at radius 1 is 1.06 bits per heavy atom. The number of halogens is 1. The van der Waals surface area contributed by atoms with Gasteiger partial charge in [-0.15, -0.1) is 0 Å². The summed E-state index contributed by atoms with van der Waals surface area (Å²) < 4.78 is 6.93. The number of aromatic nitrogens is 1. The fraction of sp³-hybridized carbons (Fsp3) is 0.433. The molecule has 4 heteroatoms.